The first-order valence-corrected chi connectivity index (χ1v) is 11.8. The number of benzene rings is 1. The molecule has 2 fully saturated rings. The fraction of sp³-hybridized carbons (Fsp3) is 0.480. The van der Waals surface area contributed by atoms with Crippen LogP contribution in [0, 0.1) is 6.92 Å². The average molecular weight is 488 g/mol. The summed E-state index contributed by atoms with van der Waals surface area (Å²) in [5, 5.41) is 6.00. The molecule has 1 aromatic carbocycles. The van der Waals surface area contributed by atoms with Crippen LogP contribution in [0.5, 0.6) is 5.88 Å². The van der Waals surface area contributed by atoms with Crippen LogP contribution < -0.4 is 15.4 Å². The van der Waals surface area contributed by atoms with Crippen LogP contribution >= 0.6 is 0 Å². The number of nitrogens with zero attached hydrogens (tertiary/aromatic N) is 3. The molecule has 0 radical (unpaired) electrons. The number of aryl methyl sites for hydroxylation is 1. The van der Waals surface area contributed by atoms with Gasteiger partial charge in [0.25, 0.3) is 0 Å². The van der Waals surface area contributed by atoms with E-state index in [9.17, 15) is 18.4 Å². The Morgan fingerprint density at radius 2 is 1.77 bits per heavy atom. The monoisotopic (exact) mass is 487 g/mol. The first-order chi connectivity index (χ1) is 16.7. The molecule has 10 heteroatoms. The van der Waals surface area contributed by atoms with Crippen LogP contribution in [0.3, 0.4) is 0 Å². The maximum Gasteiger partial charge on any atom is 0.388 e. The van der Waals surface area contributed by atoms with Crippen molar-refractivity contribution in [2.24, 2.45) is 0 Å². The summed E-state index contributed by atoms with van der Waals surface area (Å²) in [6.45, 7) is 5.73. The summed E-state index contributed by atoms with van der Waals surface area (Å²) in [5.74, 6) is -0.582. The third-order valence-corrected chi connectivity index (χ3v) is 6.56. The molecule has 2 N–H and O–H groups in total. The third kappa shape index (κ3) is 5.07. The minimum Gasteiger partial charge on any atom is -0.415 e. The van der Waals surface area contributed by atoms with Crippen LogP contribution in [0.15, 0.2) is 36.4 Å². The second-order valence-electron chi connectivity index (χ2n) is 9.34. The number of hydrogen-bond donors (Lipinski definition) is 2. The van der Waals surface area contributed by atoms with E-state index in [1.807, 2.05) is 38.1 Å². The van der Waals surface area contributed by atoms with E-state index in [0.717, 1.165) is 24.2 Å². The van der Waals surface area contributed by atoms with E-state index in [-0.39, 0.29) is 42.5 Å². The fourth-order valence-corrected chi connectivity index (χ4v) is 4.71. The van der Waals surface area contributed by atoms with Gasteiger partial charge in [0.2, 0.25) is 11.8 Å². The van der Waals surface area contributed by atoms with Gasteiger partial charge in [-0.25, -0.2) is 9.78 Å². The maximum absolute atomic E-state index is 13.8. The number of carbonyl (C=O) groups excluding carboxylic acids is 2. The van der Waals surface area contributed by atoms with Crippen LogP contribution in [0.2, 0.25) is 0 Å². The van der Waals surface area contributed by atoms with Gasteiger partial charge in [0, 0.05) is 45.0 Å². The van der Waals surface area contributed by atoms with E-state index < -0.39 is 12.0 Å². The van der Waals surface area contributed by atoms with Gasteiger partial charge in [-0.2, -0.15) is 8.78 Å². The van der Waals surface area contributed by atoms with Crippen molar-refractivity contribution in [1.29, 1.82) is 0 Å². The van der Waals surface area contributed by atoms with Crippen LogP contribution in [-0.4, -0.2) is 72.6 Å². The molecule has 4 rings (SSSR count). The van der Waals surface area contributed by atoms with E-state index in [2.05, 4.69) is 20.4 Å². The van der Waals surface area contributed by atoms with Crippen LogP contribution in [-0.2, 0) is 10.2 Å². The molecule has 8 nitrogen and oxygen atoms in total. The van der Waals surface area contributed by atoms with Gasteiger partial charge in [0.1, 0.15) is 11.1 Å². The molecule has 2 saturated heterocycles. The Morgan fingerprint density at radius 1 is 1.09 bits per heavy atom. The highest BCUT2D eigenvalue weighted by Crippen LogP contribution is 2.41. The molecule has 2 aliphatic heterocycles. The molecule has 0 unspecified atom stereocenters. The van der Waals surface area contributed by atoms with Crippen molar-refractivity contribution in [3.8, 4) is 5.88 Å². The van der Waals surface area contributed by atoms with Crippen LogP contribution in [0.1, 0.15) is 36.6 Å². The first-order valence-electron chi connectivity index (χ1n) is 11.8. The summed E-state index contributed by atoms with van der Waals surface area (Å²) in [7, 11) is 0. The Balaban J connectivity index is 1.65. The average Bonchev–Trinajstić information content (AvgIpc) is 2.80. The van der Waals surface area contributed by atoms with E-state index in [0.29, 0.717) is 18.8 Å². The summed E-state index contributed by atoms with van der Waals surface area (Å²) >= 11 is 0. The minimum absolute atomic E-state index is 0.0641. The number of amides is 3. The topological polar surface area (TPSA) is 86.8 Å². The molecule has 188 valence electrons. The summed E-state index contributed by atoms with van der Waals surface area (Å²) in [6, 6.07) is 10.7. The minimum atomic E-state index is -3.08. The highest BCUT2D eigenvalue weighted by molar-refractivity contribution is 6.02. The summed E-state index contributed by atoms with van der Waals surface area (Å²) in [6.07, 6.45) is 0. The molecule has 2 aromatic rings. The second-order valence-corrected chi connectivity index (χ2v) is 9.34. The Hall–Kier alpha value is -3.27. The summed E-state index contributed by atoms with van der Waals surface area (Å²) in [5.41, 5.74) is 1.35. The third-order valence-electron chi connectivity index (χ3n) is 6.56. The number of aromatic nitrogens is 1. The Labute approximate surface area is 203 Å². The highest BCUT2D eigenvalue weighted by atomic mass is 19.3. The normalized spacial score (nSPS) is 17.3. The van der Waals surface area contributed by atoms with E-state index >= 15 is 0 Å². The molecule has 0 aliphatic carbocycles. The van der Waals surface area contributed by atoms with Crippen LogP contribution in [0.4, 0.5) is 19.3 Å². The van der Waals surface area contributed by atoms with Crippen molar-refractivity contribution in [3.05, 3.63) is 53.2 Å². The lowest BCUT2D eigenvalue weighted by Crippen LogP contribution is -2.69. The van der Waals surface area contributed by atoms with Gasteiger partial charge in [0.05, 0.1) is 0 Å². The van der Waals surface area contributed by atoms with E-state index in [4.69, 9.17) is 0 Å². The molecular weight excluding hydrogens is 456 g/mol. The Kier molecular flexibility index (Phi) is 7.20. The van der Waals surface area contributed by atoms with E-state index in [1.165, 1.54) is 6.07 Å². The molecule has 35 heavy (non-hydrogen) atoms. The number of urea groups is 1. The van der Waals surface area contributed by atoms with Gasteiger partial charge >= 0.3 is 12.6 Å². The Morgan fingerprint density at radius 3 is 2.43 bits per heavy atom. The molecular formula is C25H31F2N5O3. The predicted octanol–water partition coefficient (Wildman–Crippen LogP) is 3.33. The molecule has 0 saturated carbocycles. The lowest BCUT2D eigenvalue weighted by molar-refractivity contribution is -0.126. The number of halogens is 2. The number of ether oxygens (including phenoxy) is 1. The zero-order valence-corrected chi connectivity index (χ0v) is 20.2. The molecule has 1 aromatic heterocycles. The first kappa shape index (κ1) is 24.8. The zero-order chi connectivity index (χ0) is 25.2. The van der Waals surface area contributed by atoms with Crippen molar-refractivity contribution in [1.82, 2.24) is 20.1 Å². The molecule has 3 amide bonds. The Bertz CT molecular complexity index is 1080. The zero-order valence-electron chi connectivity index (χ0n) is 20.2. The van der Waals surface area contributed by atoms with Crippen molar-refractivity contribution < 1.29 is 23.1 Å². The van der Waals surface area contributed by atoms with Crippen molar-refractivity contribution in [2.45, 2.75) is 38.7 Å². The predicted molar refractivity (Wildman–Crippen MR) is 128 cm³/mol. The van der Waals surface area contributed by atoms with Crippen molar-refractivity contribution in [3.63, 3.8) is 0 Å². The quantitative estimate of drug-likeness (QED) is 0.653. The SMILES string of the molecule is Cc1ccc(NC(=O)C2(c3ccccc3C(C)C)CN(C(=O)N3CCNCC3)C2)c(OC(F)F)n1. The van der Waals surface area contributed by atoms with Crippen LogP contribution in [0.25, 0.3) is 0 Å². The number of hydrogen-bond acceptors (Lipinski definition) is 5. The van der Waals surface area contributed by atoms with Gasteiger partial charge in [-0.3, -0.25) is 4.79 Å². The number of nitrogens with one attached hydrogen (secondary N) is 2. The number of likely N-dealkylation sites (tertiary alicyclic amines) is 1. The van der Waals surface area contributed by atoms with Gasteiger partial charge in [-0.1, -0.05) is 38.1 Å². The molecule has 0 bridgehead atoms. The summed E-state index contributed by atoms with van der Waals surface area (Å²) in [4.78, 5) is 34.4. The number of rotatable bonds is 6. The standard InChI is InChI=1S/C25H31F2N5O3/c1-16(2)18-6-4-5-7-19(18)25(14-32(15-25)24(34)31-12-10-28-11-13-31)22(33)30-20-9-8-17(3)29-21(20)35-23(26)27/h4-9,16,23,28H,10-15H2,1-3H3,(H,30,33). The summed E-state index contributed by atoms with van der Waals surface area (Å²) < 4.78 is 30.5. The largest absolute Gasteiger partial charge is 0.415 e. The van der Waals surface area contributed by atoms with Crippen molar-refractivity contribution >= 4 is 17.6 Å². The smallest absolute Gasteiger partial charge is 0.388 e. The number of pyridine rings is 1. The van der Waals surface area contributed by atoms with Gasteiger partial charge < -0.3 is 25.2 Å². The lowest BCUT2D eigenvalue weighted by atomic mass is 9.69. The van der Waals surface area contributed by atoms with Gasteiger partial charge in [-0.05, 0) is 36.1 Å². The molecule has 3 heterocycles. The van der Waals surface area contributed by atoms with Gasteiger partial charge in [-0.15, -0.1) is 0 Å². The molecule has 2 aliphatic rings. The second kappa shape index (κ2) is 10.2. The molecule has 0 atom stereocenters. The maximum atomic E-state index is 13.8. The number of carbonyl (C=O) groups is 2. The molecule has 0 spiro atoms. The lowest BCUT2D eigenvalue weighted by Gasteiger charge is -2.51. The van der Waals surface area contributed by atoms with Gasteiger partial charge in [0.15, 0.2) is 0 Å². The number of anilines is 1. The van der Waals surface area contributed by atoms with Crippen molar-refractivity contribution in [2.75, 3.05) is 44.6 Å². The highest BCUT2D eigenvalue weighted by Gasteiger charge is 2.54. The van der Waals surface area contributed by atoms with E-state index in [1.54, 1.807) is 22.8 Å². The number of alkyl halides is 2. The number of piperazine rings is 1. The fourth-order valence-electron chi connectivity index (χ4n) is 4.71.